The smallest absolute Gasteiger partial charge is 0.204 e. The summed E-state index contributed by atoms with van der Waals surface area (Å²) in [7, 11) is 0. The van der Waals surface area contributed by atoms with Gasteiger partial charge in [0.2, 0.25) is 5.76 Å². The van der Waals surface area contributed by atoms with Crippen LogP contribution in [-0.4, -0.2) is 0 Å². The molecule has 2 aromatic rings. The molecule has 0 spiro atoms. The van der Waals surface area contributed by atoms with Gasteiger partial charge in [-0.1, -0.05) is 0 Å². The molecule has 0 saturated heterocycles. The second kappa shape index (κ2) is 3.74. The van der Waals surface area contributed by atoms with Crippen LogP contribution in [0.1, 0.15) is 5.76 Å². The molecular formula is C11H4F3NO. The first-order valence-corrected chi connectivity index (χ1v) is 4.27. The summed E-state index contributed by atoms with van der Waals surface area (Å²) in [6, 6.07) is 6.18. The number of benzene rings is 1. The normalized spacial score (nSPS) is 10.1. The van der Waals surface area contributed by atoms with Crippen LogP contribution in [0.3, 0.4) is 0 Å². The van der Waals surface area contributed by atoms with Crippen LogP contribution in [0.25, 0.3) is 11.3 Å². The van der Waals surface area contributed by atoms with Gasteiger partial charge in [-0.15, -0.1) is 0 Å². The lowest BCUT2D eigenvalue weighted by Crippen LogP contribution is -1.92. The largest absolute Gasteiger partial charge is 0.446 e. The van der Waals surface area contributed by atoms with E-state index in [4.69, 9.17) is 9.68 Å². The standard InChI is InChI=1S/C11H4F3NO/c12-8-3-2-7(10(13)11(8)14)9-4-1-6(5-15)16-9/h1-4H. The maximum Gasteiger partial charge on any atom is 0.204 e. The molecule has 2 rings (SSSR count). The summed E-state index contributed by atoms with van der Waals surface area (Å²) in [6.45, 7) is 0. The predicted octanol–water partition coefficient (Wildman–Crippen LogP) is 3.24. The molecular weight excluding hydrogens is 219 g/mol. The third-order valence-corrected chi connectivity index (χ3v) is 2.02. The number of hydrogen-bond donors (Lipinski definition) is 0. The van der Waals surface area contributed by atoms with Crippen LogP contribution in [0.2, 0.25) is 0 Å². The topological polar surface area (TPSA) is 36.9 Å². The van der Waals surface area contributed by atoms with Crippen molar-refractivity contribution in [2.24, 2.45) is 0 Å². The van der Waals surface area contributed by atoms with Crippen molar-refractivity contribution in [3.8, 4) is 17.4 Å². The Morgan fingerprint density at radius 2 is 1.75 bits per heavy atom. The van der Waals surface area contributed by atoms with Crippen molar-refractivity contribution in [3.63, 3.8) is 0 Å². The highest BCUT2D eigenvalue weighted by atomic mass is 19.2. The summed E-state index contributed by atoms with van der Waals surface area (Å²) in [4.78, 5) is 0. The van der Waals surface area contributed by atoms with Gasteiger partial charge in [-0.2, -0.15) is 5.26 Å². The van der Waals surface area contributed by atoms with Crippen molar-refractivity contribution in [1.29, 1.82) is 5.26 Å². The van der Waals surface area contributed by atoms with Gasteiger partial charge < -0.3 is 4.42 Å². The second-order valence-electron chi connectivity index (χ2n) is 3.00. The van der Waals surface area contributed by atoms with Crippen molar-refractivity contribution in [3.05, 3.63) is 47.5 Å². The maximum atomic E-state index is 13.3. The summed E-state index contributed by atoms with van der Waals surface area (Å²) < 4.78 is 43.8. The number of nitriles is 1. The highest BCUT2D eigenvalue weighted by molar-refractivity contribution is 5.59. The van der Waals surface area contributed by atoms with Gasteiger partial charge >= 0.3 is 0 Å². The summed E-state index contributed by atoms with van der Waals surface area (Å²) in [5.74, 6) is -4.22. The van der Waals surface area contributed by atoms with E-state index in [2.05, 4.69) is 0 Å². The molecule has 1 aromatic carbocycles. The second-order valence-corrected chi connectivity index (χ2v) is 3.00. The molecule has 0 aliphatic carbocycles. The predicted molar refractivity (Wildman–Crippen MR) is 48.7 cm³/mol. The Bertz CT molecular complexity index is 583. The molecule has 0 aliphatic heterocycles. The van der Waals surface area contributed by atoms with Gasteiger partial charge in [-0.3, -0.25) is 0 Å². The molecule has 2 nitrogen and oxygen atoms in total. The highest BCUT2D eigenvalue weighted by Gasteiger charge is 2.16. The molecule has 16 heavy (non-hydrogen) atoms. The molecule has 80 valence electrons. The van der Waals surface area contributed by atoms with Crippen LogP contribution >= 0.6 is 0 Å². The van der Waals surface area contributed by atoms with Gasteiger partial charge in [0.05, 0.1) is 5.56 Å². The fourth-order valence-electron chi connectivity index (χ4n) is 1.26. The van der Waals surface area contributed by atoms with Crippen LogP contribution in [0.15, 0.2) is 28.7 Å². The molecule has 0 saturated carbocycles. The van der Waals surface area contributed by atoms with Crippen LogP contribution in [0.4, 0.5) is 13.2 Å². The van der Waals surface area contributed by atoms with Crippen molar-refractivity contribution in [1.82, 2.24) is 0 Å². The van der Waals surface area contributed by atoms with E-state index in [-0.39, 0.29) is 17.1 Å². The van der Waals surface area contributed by atoms with Crippen LogP contribution < -0.4 is 0 Å². The molecule has 0 fully saturated rings. The van der Waals surface area contributed by atoms with Crippen molar-refractivity contribution in [2.75, 3.05) is 0 Å². The lowest BCUT2D eigenvalue weighted by Gasteiger charge is -2.00. The van der Waals surface area contributed by atoms with E-state index in [1.807, 2.05) is 0 Å². The molecule has 1 heterocycles. The molecule has 0 amide bonds. The average molecular weight is 223 g/mol. The first-order chi connectivity index (χ1) is 7.63. The van der Waals surface area contributed by atoms with E-state index < -0.39 is 17.5 Å². The van der Waals surface area contributed by atoms with Gasteiger partial charge in [-0.25, -0.2) is 13.2 Å². The van der Waals surface area contributed by atoms with Crippen LogP contribution in [0, 0.1) is 28.8 Å². The summed E-state index contributed by atoms with van der Waals surface area (Å²) in [5.41, 5.74) is -0.222. The summed E-state index contributed by atoms with van der Waals surface area (Å²) in [6.07, 6.45) is 0. The van der Waals surface area contributed by atoms with E-state index in [9.17, 15) is 13.2 Å². The minimum absolute atomic E-state index is 0.0204. The van der Waals surface area contributed by atoms with Gasteiger partial charge in [0.25, 0.3) is 0 Å². The molecule has 1 aromatic heterocycles. The molecule has 0 aliphatic rings. The van der Waals surface area contributed by atoms with E-state index in [1.165, 1.54) is 12.1 Å². The number of rotatable bonds is 1. The van der Waals surface area contributed by atoms with Crippen LogP contribution in [0.5, 0.6) is 0 Å². The van der Waals surface area contributed by atoms with Crippen molar-refractivity contribution < 1.29 is 17.6 Å². The van der Waals surface area contributed by atoms with Gasteiger partial charge in [0, 0.05) is 0 Å². The van der Waals surface area contributed by atoms with Gasteiger partial charge in [0.15, 0.2) is 17.5 Å². The molecule has 5 heteroatoms. The number of nitrogens with zero attached hydrogens (tertiary/aromatic N) is 1. The first kappa shape index (κ1) is 10.3. The monoisotopic (exact) mass is 223 g/mol. The Morgan fingerprint density at radius 3 is 2.38 bits per heavy atom. The minimum Gasteiger partial charge on any atom is -0.446 e. The van der Waals surface area contributed by atoms with Crippen molar-refractivity contribution >= 4 is 0 Å². The Balaban J connectivity index is 2.57. The summed E-state index contributed by atoms with van der Waals surface area (Å²) in [5, 5.41) is 8.49. The Hall–Kier alpha value is -2.22. The zero-order chi connectivity index (χ0) is 11.7. The average Bonchev–Trinajstić information content (AvgIpc) is 2.74. The Labute approximate surface area is 88.5 Å². The maximum absolute atomic E-state index is 13.3. The molecule has 0 bridgehead atoms. The number of halogens is 3. The van der Waals surface area contributed by atoms with Gasteiger partial charge in [0.1, 0.15) is 11.8 Å². The molecule has 0 radical (unpaired) electrons. The molecule has 0 unspecified atom stereocenters. The zero-order valence-electron chi connectivity index (χ0n) is 7.80. The van der Waals surface area contributed by atoms with Crippen LogP contribution in [-0.2, 0) is 0 Å². The third kappa shape index (κ3) is 1.54. The van der Waals surface area contributed by atoms with E-state index >= 15 is 0 Å². The van der Waals surface area contributed by atoms with Gasteiger partial charge in [-0.05, 0) is 24.3 Å². The number of hydrogen-bond acceptors (Lipinski definition) is 2. The number of furan rings is 1. The highest BCUT2D eigenvalue weighted by Crippen LogP contribution is 2.27. The van der Waals surface area contributed by atoms with E-state index in [1.54, 1.807) is 6.07 Å². The SMILES string of the molecule is N#Cc1ccc(-c2ccc(F)c(F)c2F)o1. The van der Waals surface area contributed by atoms with E-state index in [0.717, 1.165) is 12.1 Å². The fourth-order valence-corrected chi connectivity index (χ4v) is 1.26. The lowest BCUT2D eigenvalue weighted by atomic mass is 10.1. The zero-order valence-corrected chi connectivity index (χ0v) is 7.80. The summed E-state index contributed by atoms with van der Waals surface area (Å²) >= 11 is 0. The molecule has 0 atom stereocenters. The fraction of sp³-hybridized carbons (Fsp3) is 0. The first-order valence-electron chi connectivity index (χ1n) is 4.27. The van der Waals surface area contributed by atoms with E-state index in [0.29, 0.717) is 0 Å². The lowest BCUT2D eigenvalue weighted by molar-refractivity contribution is 0.446. The van der Waals surface area contributed by atoms with Crippen molar-refractivity contribution in [2.45, 2.75) is 0 Å². The Kier molecular flexibility index (Phi) is 2.41. The molecule has 0 N–H and O–H groups in total. The third-order valence-electron chi connectivity index (χ3n) is 2.02. The quantitative estimate of drug-likeness (QED) is 0.696. The minimum atomic E-state index is -1.56. The Morgan fingerprint density at radius 1 is 1.00 bits per heavy atom.